The van der Waals surface area contributed by atoms with Gasteiger partial charge in [-0.05, 0) is 11.1 Å². The molecule has 1 aliphatic heterocycles. The summed E-state index contributed by atoms with van der Waals surface area (Å²) >= 11 is 11.9. The maximum Gasteiger partial charge on any atom is 0.228 e. The summed E-state index contributed by atoms with van der Waals surface area (Å²) in [5.74, 6) is 0.606. The first-order valence-electron chi connectivity index (χ1n) is 7.59. The second-order valence-corrected chi connectivity index (χ2v) is 6.37. The van der Waals surface area contributed by atoms with E-state index in [1.165, 1.54) is 5.56 Å². The number of nitrogens with two attached hydrogens (primary N) is 1. The molecule has 0 aliphatic carbocycles. The van der Waals surface area contributed by atoms with Crippen molar-refractivity contribution in [2.24, 2.45) is 5.73 Å². The molecule has 2 heterocycles. The van der Waals surface area contributed by atoms with Crippen LogP contribution in [0.15, 0.2) is 30.3 Å². The van der Waals surface area contributed by atoms with Gasteiger partial charge in [-0.15, -0.1) is 0 Å². The Balaban J connectivity index is 1.57. The zero-order valence-corrected chi connectivity index (χ0v) is 14.3. The van der Waals surface area contributed by atoms with Gasteiger partial charge in [0.1, 0.15) is 10.3 Å². The van der Waals surface area contributed by atoms with Gasteiger partial charge in [0, 0.05) is 45.3 Å². The lowest BCUT2D eigenvalue weighted by Crippen LogP contribution is -2.46. The lowest BCUT2D eigenvalue weighted by Gasteiger charge is -2.34. The first-order valence-corrected chi connectivity index (χ1v) is 8.35. The number of aromatic nitrogens is 2. The topological polar surface area (TPSA) is 58.3 Å². The molecule has 1 fully saturated rings. The molecular weight excluding hydrogens is 333 g/mol. The number of nitrogens with zero attached hydrogens (tertiary/aromatic N) is 4. The first-order chi connectivity index (χ1) is 11.1. The van der Waals surface area contributed by atoms with E-state index in [2.05, 4.69) is 44.0 Å². The summed E-state index contributed by atoms with van der Waals surface area (Å²) in [6.45, 7) is 5.14. The Kier molecular flexibility index (Phi) is 5.33. The molecule has 2 aromatic rings. The van der Waals surface area contributed by atoms with Crippen LogP contribution in [0.4, 0.5) is 5.95 Å². The Labute approximate surface area is 146 Å². The van der Waals surface area contributed by atoms with Crippen LogP contribution >= 0.6 is 23.2 Å². The summed E-state index contributed by atoms with van der Waals surface area (Å²) in [5.41, 5.74) is 8.09. The summed E-state index contributed by atoms with van der Waals surface area (Å²) in [6.07, 6.45) is 0. The predicted molar refractivity (Wildman–Crippen MR) is 93.9 cm³/mol. The summed E-state index contributed by atoms with van der Waals surface area (Å²) in [6, 6.07) is 10.0. The van der Waals surface area contributed by atoms with E-state index in [1.54, 1.807) is 6.07 Å². The minimum Gasteiger partial charge on any atom is -0.338 e. The number of hydrogen-bond acceptors (Lipinski definition) is 5. The molecule has 0 bridgehead atoms. The largest absolute Gasteiger partial charge is 0.338 e. The van der Waals surface area contributed by atoms with Crippen LogP contribution in [0.25, 0.3) is 0 Å². The fourth-order valence-corrected chi connectivity index (χ4v) is 3.08. The minimum atomic E-state index is 0.377. The number of benzene rings is 1. The monoisotopic (exact) mass is 351 g/mol. The molecule has 1 aromatic heterocycles. The summed E-state index contributed by atoms with van der Waals surface area (Å²) in [5, 5.41) is 0.754. The second-order valence-electron chi connectivity index (χ2n) is 5.60. The van der Waals surface area contributed by atoms with E-state index in [0.29, 0.717) is 22.8 Å². The van der Waals surface area contributed by atoms with Gasteiger partial charge in [0.2, 0.25) is 5.95 Å². The quantitative estimate of drug-likeness (QED) is 0.857. The van der Waals surface area contributed by atoms with Gasteiger partial charge in [-0.2, -0.15) is 0 Å². The van der Waals surface area contributed by atoms with Crippen LogP contribution in [0.5, 0.6) is 0 Å². The van der Waals surface area contributed by atoms with Crippen molar-refractivity contribution in [2.45, 2.75) is 13.1 Å². The third-order valence-corrected chi connectivity index (χ3v) is 4.36. The Bertz CT molecular complexity index is 634. The van der Waals surface area contributed by atoms with E-state index in [0.717, 1.165) is 38.3 Å². The summed E-state index contributed by atoms with van der Waals surface area (Å²) in [7, 11) is 0. The molecule has 2 N–H and O–H groups in total. The third kappa shape index (κ3) is 4.32. The lowest BCUT2D eigenvalue weighted by molar-refractivity contribution is 0.248. The highest BCUT2D eigenvalue weighted by Crippen LogP contribution is 2.19. The Morgan fingerprint density at radius 3 is 2.04 bits per heavy atom. The highest BCUT2D eigenvalue weighted by molar-refractivity contribution is 6.33. The summed E-state index contributed by atoms with van der Waals surface area (Å²) in [4.78, 5) is 13.0. The number of halogens is 2. The maximum atomic E-state index is 5.95. The normalized spacial score (nSPS) is 15.9. The van der Waals surface area contributed by atoms with Gasteiger partial charge in [0.25, 0.3) is 0 Å². The van der Waals surface area contributed by atoms with Crippen molar-refractivity contribution in [1.82, 2.24) is 14.9 Å². The molecule has 0 atom stereocenters. The van der Waals surface area contributed by atoms with E-state index < -0.39 is 0 Å². The Morgan fingerprint density at radius 1 is 0.913 bits per heavy atom. The molecule has 0 amide bonds. The minimum absolute atomic E-state index is 0.377. The molecule has 122 valence electrons. The Morgan fingerprint density at radius 2 is 1.48 bits per heavy atom. The molecule has 3 rings (SSSR count). The molecule has 7 heteroatoms. The molecule has 0 unspecified atom stereocenters. The van der Waals surface area contributed by atoms with Crippen molar-refractivity contribution < 1.29 is 0 Å². The standard InChI is InChI=1S/C16H19Cl2N5/c17-14-9-15(18)21-16(20-14)23-7-5-22(6-8-23)11-13-3-1-12(10-19)2-4-13/h1-4,9H,5-8,10-11,19H2. The smallest absolute Gasteiger partial charge is 0.228 e. The molecule has 0 radical (unpaired) electrons. The lowest BCUT2D eigenvalue weighted by atomic mass is 10.1. The average Bonchev–Trinajstić information content (AvgIpc) is 2.55. The van der Waals surface area contributed by atoms with E-state index in [1.807, 2.05) is 0 Å². The van der Waals surface area contributed by atoms with Crippen LogP contribution < -0.4 is 10.6 Å². The van der Waals surface area contributed by atoms with Crippen LogP contribution in [0.2, 0.25) is 10.3 Å². The highest BCUT2D eigenvalue weighted by Gasteiger charge is 2.19. The van der Waals surface area contributed by atoms with Crippen LogP contribution in [0, 0.1) is 0 Å². The highest BCUT2D eigenvalue weighted by atomic mass is 35.5. The van der Waals surface area contributed by atoms with E-state index in [-0.39, 0.29) is 0 Å². The maximum absolute atomic E-state index is 5.95. The number of anilines is 1. The van der Waals surface area contributed by atoms with Crippen molar-refractivity contribution >= 4 is 29.2 Å². The van der Waals surface area contributed by atoms with Crippen molar-refractivity contribution in [2.75, 3.05) is 31.1 Å². The van der Waals surface area contributed by atoms with Gasteiger partial charge in [-0.25, -0.2) is 9.97 Å². The molecule has 5 nitrogen and oxygen atoms in total. The molecule has 0 spiro atoms. The third-order valence-electron chi connectivity index (χ3n) is 3.97. The van der Waals surface area contributed by atoms with Crippen molar-refractivity contribution in [3.8, 4) is 0 Å². The first kappa shape index (κ1) is 16.5. The zero-order valence-electron chi connectivity index (χ0n) is 12.8. The average molecular weight is 352 g/mol. The van der Waals surface area contributed by atoms with Gasteiger partial charge in [-0.1, -0.05) is 47.5 Å². The van der Waals surface area contributed by atoms with Gasteiger partial charge in [0.15, 0.2) is 0 Å². The molecular formula is C16H19Cl2N5. The SMILES string of the molecule is NCc1ccc(CN2CCN(c3nc(Cl)cc(Cl)n3)CC2)cc1. The van der Waals surface area contributed by atoms with Gasteiger partial charge in [-0.3, -0.25) is 4.90 Å². The van der Waals surface area contributed by atoms with Crippen LogP contribution in [0.3, 0.4) is 0 Å². The van der Waals surface area contributed by atoms with Crippen LogP contribution in [0.1, 0.15) is 11.1 Å². The van der Waals surface area contributed by atoms with Crippen LogP contribution in [-0.2, 0) is 13.1 Å². The predicted octanol–water partition coefficient (Wildman–Crippen LogP) is 2.56. The van der Waals surface area contributed by atoms with E-state index >= 15 is 0 Å². The molecule has 1 saturated heterocycles. The van der Waals surface area contributed by atoms with E-state index in [9.17, 15) is 0 Å². The van der Waals surface area contributed by atoms with Crippen molar-refractivity contribution in [1.29, 1.82) is 0 Å². The van der Waals surface area contributed by atoms with E-state index in [4.69, 9.17) is 28.9 Å². The van der Waals surface area contributed by atoms with Crippen LogP contribution in [-0.4, -0.2) is 41.0 Å². The fourth-order valence-electron chi connectivity index (χ4n) is 2.67. The zero-order chi connectivity index (χ0) is 16.2. The van der Waals surface area contributed by atoms with Gasteiger partial charge in [0.05, 0.1) is 0 Å². The Hall–Kier alpha value is -1.40. The number of piperazine rings is 1. The molecule has 0 saturated carbocycles. The second kappa shape index (κ2) is 7.45. The number of hydrogen-bond donors (Lipinski definition) is 1. The van der Waals surface area contributed by atoms with Gasteiger partial charge >= 0.3 is 0 Å². The fraction of sp³-hybridized carbons (Fsp3) is 0.375. The summed E-state index contributed by atoms with van der Waals surface area (Å²) < 4.78 is 0. The molecule has 1 aliphatic rings. The van der Waals surface area contributed by atoms with Crippen molar-refractivity contribution in [3.05, 3.63) is 51.8 Å². The van der Waals surface area contributed by atoms with Crippen molar-refractivity contribution in [3.63, 3.8) is 0 Å². The van der Waals surface area contributed by atoms with Gasteiger partial charge < -0.3 is 10.6 Å². The molecule has 1 aromatic carbocycles. The molecule has 23 heavy (non-hydrogen) atoms. The number of rotatable bonds is 4.